The summed E-state index contributed by atoms with van der Waals surface area (Å²) < 4.78 is 122. The Labute approximate surface area is 231 Å². The Bertz CT molecular complexity index is 1420. The smallest absolute Gasteiger partial charge is 0.336 e. The van der Waals surface area contributed by atoms with Crippen molar-refractivity contribution < 1.29 is 48.9 Å². The molecule has 2 aliphatic heterocycles. The molecule has 1 aromatic carbocycles. The molecule has 2 amide bonds. The van der Waals surface area contributed by atoms with Crippen LogP contribution < -0.4 is 0 Å². The summed E-state index contributed by atoms with van der Waals surface area (Å²) in [5, 5.41) is 0. The molecule has 5 rings (SSSR count). The lowest BCUT2D eigenvalue weighted by atomic mass is 9.78. The van der Waals surface area contributed by atoms with E-state index in [9.17, 15) is 48.9 Å². The zero-order valence-corrected chi connectivity index (χ0v) is 22.2. The van der Waals surface area contributed by atoms with E-state index >= 15 is 0 Å². The summed E-state index contributed by atoms with van der Waals surface area (Å²) in [6.45, 7) is 0.00241. The number of hydrogen-bond donors (Lipinski definition) is 0. The van der Waals surface area contributed by atoms with E-state index in [-0.39, 0.29) is 60.6 Å². The Morgan fingerprint density at radius 3 is 2.32 bits per heavy atom. The van der Waals surface area contributed by atoms with Crippen molar-refractivity contribution in [2.75, 3.05) is 13.6 Å². The van der Waals surface area contributed by atoms with Crippen molar-refractivity contribution in [3.05, 3.63) is 59.2 Å². The second-order valence-corrected chi connectivity index (χ2v) is 12.1. The van der Waals surface area contributed by atoms with E-state index in [1.54, 1.807) is 0 Å². The van der Waals surface area contributed by atoms with Crippen LogP contribution in [-0.2, 0) is 37.2 Å². The van der Waals surface area contributed by atoms with Gasteiger partial charge in [-0.2, -0.15) is 26.3 Å². The van der Waals surface area contributed by atoms with Gasteiger partial charge in [0.2, 0.25) is 11.8 Å². The molecule has 1 aromatic heterocycles. The molecule has 6 nitrogen and oxygen atoms in total. The minimum Gasteiger partial charge on any atom is -0.336 e. The molecule has 222 valence electrons. The zero-order chi connectivity index (χ0) is 30.1. The number of nitrogens with zero attached hydrogens (tertiary/aromatic N) is 3. The second kappa shape index (κ2) is 9.73. The third-order valence-corrected chi connectivity index (χ3v) is 10.3. The summed E-state index contributed by atoms with van der Waals surface area (Å²) >= 11 is 0. The molecule has 2 aromatic rings. The largest absolute Gasteiger partial charge is 0.437 e. The molecule has 0 bridgehead atoms. The Balaban J connectivity index is 1.64. The summed E-state index contributed by atoms with van der Waals surface area (Å²) in [5.74, 6) is -1.42. The van der Waals surface area contributed by atoms with Crippen LogP contribution in [0.15, 0.2) is 41.4 Å². The van der Waals surface area contributed by atoms with Crippen molar-refractivity contribution in [1.82, 2.24) is 14.8 Å². The fourth-order valence-electron chi connectivity index (χ4n) is 6.24. The van der Waals surface area contributed by atoms with Gasteiger partial charge in [0.15, 0.2) is 0 Å². The number of carbonyl (C=O) groups is 2. The van der Waals surface area contributed by atoms with Gasteiger partial charge < -0.3 is 9.80 Å². The highest BCUT2D eigenvalue weighted by atomic mass is 32.2. The maximum Gasteiger partial charge on any atom is 0.437 e. The van der Waals surface area contributed by atoms with E-state index in [4.69, 9.17) is 0 Å². The molecule has 1 aliphatic carbocycles. The molecule has 41 heavy (non-hydrogen) atoms. The van der Waals surface area contributed by atoms with E-state index in [1.165, 1.54) is 29.0 Å². The Hall–Kier alpha value is -3.10. The van der Waals surface area contributed by atoms with Crippen LogP contribution in [0.4, 0.5) is 35.1 Å². The van der Waals surface area contributed by atoms with Gasteiger partial charge in [-0.25, -0.2) is 8.78 Å². The summed E-state index contributed by atoms with van der Waals surface area (Å²) in [5.41, 5.74) is -7.79. The van der Waals surface area contributed by atoms with Gasteiger partial charge in [0.25, 0.3) is 0 Å². The van der Waals surface area contributed by atoms with Gasteiger partial charge >= 0.3 is 18.0 Å². The summed E-state index contributed by atoms with van der Waals surface area (Å²) in [4.78, 5) is 31.7. The van der Waals surface area contributed by atoms with Crippen LogP contribution in [0.3, 0.4) is 0 Å². The molecular formula is C26H23F8N3O3S. The molecule has 0 saturated carbocycles. The molecule has 3 aliphatic rings. The summed E-state index contributed by atoms with van der Waals surface area (Å²) in [7, 11) is -0.706. The zero-order valence-electron chi connectivity index (χ0n) is 21.4. The quantitative estimate of drug-likeness (QED) is 0.473. The number of pyridine rings is 1. The van der Waals surface area contributed by atoms with Gasteiger partial charge in [-0.15, -0.1) is 0 Å². The first-order valence-corrected chi connectivity index (χ1v) is 13.7. The molecule has 4 atom stereocenters. The monoisotopic (exact) mass is 609 g/mol. The van der Waals surface area contributed by atoms with Crippen LogP contribution in [0.2, 0.25) is 0 Å². The topological polar surface area (TPSA) is 70.6 Å². The van der Waals surface area contributed by atoms with Gasteiger partial charge in [0, 0.05) is 31.1 Å². The molecule has 0 spiro atoms. The third-order valence-electron chi connectivity index (χ3n) is 8.31. The highest BCUT2D eigenvalue weighted by Gasteiger charge is 2.74. The minimum atomic E-state index is -6.37. The highest BCUT2D eigenvalue weighted by Crippen LogP contribution is 2.55. The number of aromatic nitrogens is 1. The predicted octanol–water partition coefficient (Wildman–Crippen LogP) is 4.68. The van der Waals surface area contributed by atoms with E-state index in [0.717, 1.165) is 12.1 Å². The SMILES string of the molecule is CN1C(=O)CCC1C(=O)N1CCC2(S(=O)c3cccc(F)c3)c3cnc(C(F)(C(F)(F)F)C(F)(F)F)cc3CCC12. The molecule has 4 unspecified atom stereocenters. The maximum atomic E-state index is 14.8. The van der Waals surface area contributed by atoms with Gasteiger partial charge in [0.1, 0.15) is 11.9 Å². The average molecular weight is 610 g/mol. The third kappa shape index (κ3) is 4.33. The number of aryl methyl sites for hydroxylation is 1. The number of rotatable bonds is 4. The van der Waals surface area contributed by atoms with Crippen LogP contribution in [0.1, 0.15) is 42.5 Å². The van der Waals surface area contributed by atoms with E-state index in [2.05, 4.69) is 4.98 Å². The molecule has 0 N–H and O–H groups in total. The second-order valence-electron chi connectivity index (χ2n) is 10.4. The van der Waals surface area contributed by atoms with E-state index in [0.29, 0.717) is 12.3 Å². The number of alkyl halides is 7. The van der Waals surface area contributed by atoms with Crippen molar-refractivity contribution in [2.24, 2.45) is 0 Å². The first-order chi connectivity index (χ1) is 19.0. The van der Waals surface area contributed by atoms with Gasteiger partial charge in [-0.05, 0) is 61.1 Å². The lowest BCUT2D eigenvalue weighted by molar-refractivity contribution is -0.350. The number of likely N-dealkylation sites (tertiary alicyclic amines) is 2. The van der Waals surface area contributed by atoms with Crippen molar-refractivity contribution in [3.8, 4) is 0 Å². The van der Waals surface area contributed by atoms with Crippen molar-refractivity contribution in [2.45, 2.75) is 71.9 Å². The first kappa shape index (κ1) is 29.4. The Morgan fingerprint density at radius 2 is 1.73 bits per heavy atom. The van der Waals surface area contributed by atoms with E-state index in [1.807, 2.05) is 0 Å². The van der Waals surface area contributed by atoms with Crippen molar-refractivity contribution in [1.29, 1.82) is 0 Å². The van der Waals surface area contributed by atoms with Crippen LogP contribution in [0.5, 0.6) is 0 Å². The van der Waals surface area contributed by atoms with E-state index < -0.39 is 63.1 Å². The van der Waals surface area contributed by atoms with Crippen molar-refractivity contribution >= 4 is 22.6 Å². The fraction of sp³-hybridized carbons (Fsp3) is 0.500. The lowest BCUT2D eigenvalue weighted by Gasteiger charge is -2.43. The van der Waals surface area contributed by atoms with Gasteiger partial charge in [0.05, 0.1) is 27.3 Å². The lowest BCUT2D eigenvalue weighted by Crippen LogP contribution is -2.54. The Morgan fingerprint density at radius 1 is 1.05 bits per heavy atom. The molecule has 2 saturated heterocycles. The number of fused-ring (bicyclic) bond motifs is 3. The van der Waals surface area contributed by atoms with Gasteiger partial charge in [-0.3, -0.25) is 18.8 Å². The normalized spacial score (nSPS) is 25.7. The fourth-order valence-corrected chi connectivity index (χ4v) is 8.23. The van der Waals surface area contributed by atoms with Crippen molar-refractivity contribution in [3.63, 3.8) is 0 Å². The predicted molar refractivity (Wildman–Crippen MR) is 128 cm³/mol. The summed E-state index contributed by atoms with van der Waals surface area (Å²) in [6, 6.07) is 3.47. The highest BCUT2D eigenvalue weighted by molar-refractivity contribution is 7.86. The standard InChI is InChI=1S/C26H23F8N3O3S/c1-36-18(6-8-21(36)38)22(39)37-10-9-23(41(40)16-4-2-3-15(27)12-16)17-13-35-19(11-14(17)5-7-20(23)37)24(28,25(29,30)31)26(32,33)34/h2-4,11-13,18,20H,5-10H2,1H3. The van der Waals surface area contributed by atoms with Crippen LogP contribution in [0, 0.1) is 5.82 Å². The van der Waals surface area contributed by atoms with Crippen LogP contribution in [-0.4, -0.2) is 68.8 Å². The maximum absolute atomic E-state index is 14.8. The molecule has 15 heteroatoms. The number of halogens is 8. The van der Waals surface area contributed by atoms with Gasteiger partial charge in [-0.1, -0.05) is 6.07 Å². The Kier molecular flexibility index (Phi) is 6.98. The molecule has 3 heterocycles. The molecule has 0 radical (unpaired) electrons. The number of benzene rings is 1. The first-order valence-electron chi connectivity index (χ1n) is 12.6. The molecule has 2 fully saturated rings. The number of amides is 2. The van der Waals surface area contributed by atoms with Crippen LogP contribution >= 0.6 is 0 Å². The number of carbonyl (C=O) groups excluding carboxylic acids is 2. The number of hydrogen-bond acceptors (Lipinski definition) is 4. The summed E-state index contributed by atoms with van der Waals surface area (Å²) in [6.07, 6.45) is -11.9. The average Bonchev–Trinajstić information content (AvgIpc) is 3.46. The minimum absolute atomic E-state index is 0.00190. The van der Waals surface area contributed by atoms with Crippen LogP contribution in [0.25, 0.3) is 0 Å². The molecular weight excluding hydrogens is 586 g/mol. The number of likely N-dealkylation sites (N-methyl/N-ethyl adjacent to an activating group) is 1.